The number of ketones is 2. The largest absolute Gasteiger partial charge is 0.447 e. The van der Waals surface area contributed by atoms with Crippen LogP contribution in [0.15, 0.2) is 36.4 Å². The lowest BCUT2D eigenvalue weighted by molar-refractivity contribution is -0.175. The number of aromatic nitrogens is 2. The third kappa shape index (κ3) is 4.88. The molecule has 0 aliphatic heterocycles. The standard InChI is InChI=1S/C30H32N6O6/c31-11-23(37)13-1-3-21-17(5-13)19-7-15(33)9-25(27(19)35-21)41-29(39)30(40)42-26-10-16(34)8-20-18-6-14(24(38)12-32)2-4-22(18)36-28(20)26/h1-6,15-16,25-26,35-36H,7-12,31-34H2. The van der Waals surface area contributed by atoms with E-state index in [9.17, 15) is 19.2 Å². The zero-order chi connectivity index (χ0) is 29.7. The molecule has 4 aromatic rings. The van der Waals surface area contributed by atoms with Crippen molar-refractivity contribution in [1.29, 1.82) is 0 Å². The molecule has 12 heteroatoms. The Kier molecular flexibility index (Phi) is 7.15. The second-order valence-corrected chi connectivity index (χ2v) is 11.0. The smallest absolute Gasteiger partial charge is 0.418 e. The van der Waals surface area contributed by atoms with Gasteiger partial charge < -0.3 is 42.4 Å². The molecule has 2 heterocycles. The lowest BCUT2D eigenvalue weighted by Crippen LogP contribution is -2.35. The number of ether oxygens (including phenoxy) is 2. The van der Waals surface area contributed by atoms with Gasteiger partial charge in [0, 0.05) is 57.9 Å². The van der Waals surface area contributed by atoms with E-state index in [-0.39, 0.29) is 36.7 Å². The number of hydrogen-bond donors (Lipinski definition) is 6. The highest BCUT2D eigenvalue weighted by molar-refractivity contribution is 6.29. The average Bonchev–Trinajstić information content (AvgIpc) is 3.54. The van der Waals surface area contributed by atoms with E-state index < -0.39 is 24.1 Å². The lowest BCUT2D eigenvalue weighted by Gasteiger charge is -2.28. The van der Waals surface area contributed by atoms with Crippen molar-refractivity contribution in [2.24, 2.45) is 22.9 Å². The van der Waals surface area contributed by atoms with E-state index in [0.717, 1.165) is 32.9 Å². The van der Waals surface area contributed by atoms with Gasteiger partial charge in [-0.15, -0.1) is 0 Å². The van der Waals surface area contributed by atoms with E-state index in [1.54, 1.807) is 36.4 Å². The molecule has 0 fully saturated rings. The minimum atomic E-state index is -1.15. The molecule has 4 unspecified atom stereocenters. The first kappa shape index (κ1) is 27.8. The van der Waals surface area contributed by atoms with Gasteiger partial charge in [0.2, 0.25) is 0 Å². The topological polar surface area (TPSA) is 222 Å². The highest BCUT2D eigenvalue weighted by Gasteiger charge is 2.36. The molecule has 4 atom stereocenters. The molecule has 0 bridgehead atoms. The van der Waals surface area contributed by atoms with Crippen LogP contribution in [0.25, 0.3) is 21.8 Å². The summed E-state index contributed by atoms with van der Waals surface area (Å²) in [6.07, 6.45) is 0.0161. The van der Waals surface area contributed by atoms with Crippen LogP contribution in [-0.2, 0) is 31.9 Å². The molecule has 0 saturated carbocycles. The number of rotatable bonds is 6. The van der Waals surface area contributed by atoms with Crippen molar-refractivity contribution < 1.29 is 28.7 Å². The van der Waals surface area contributed by atoms with Crippen LogP contribution in [0.2, 0.25) is 0 Å². The summed E-state index contributed by atoms with van der Waals surface area (Å²) in [5.74, 6) is -2.68. The maximum atomic E-state index is 13.0. The number of carbonyl (C=O) groups is 4. The van der Waals surface area contributed by atoms with Crippen LogP contribution in [0.3, 0.4) is 0 Å². The van der Waals surface area contributed by atoms with Crippen LogP contribution in [0.4, 0.5) is 0 Å². The van der Waals surface area contributed by atoms with Crippen molar-refractivity contribution in [3.8, 4) is 0 Å². The van der Waals surface area contributed by atoms with Gasteiger partial charge in [0.25, 0.3) is 0 Å². The second kappa shape index (κ2) is 10.8. The molecule has 0 amide bonds. The molecule has 0 saturated heterocycles. The molecule has 6 rings (SSSR count). The maximum Gasteiger partial charge on any atom is 0.418 e. The molecule has 2 aliphatic rings. The minimum absolute atomic E-state index is 0.110. The fraction of sp³-hybridized carbons (Fsp3) is 0.333. The van der Waals surface area contributed by atoms with Gasteiger partial charge in [-0.3, -0.25) is 9.59 Å². The van der Waals surface area contributed by atoms with E-state index in [1.807, 2.05) is 0 Å². The highest BCUT2D eigenvalue weighted by atomic mass is 16.6. The fourth-order valence-corrected chi connectivity index (χ4v) is 6.15. The summed E-state index contributed by atoms with van der Waals surface area (Å²) >= 11 is 0. The van der Waals surface area contributed by atoms with Crippen molar-refractivity contribution in [3.05, 3.63) is 70.0 Å². The number of esters is 2. The molecule has 2 aliphatic carbocycles. The van der Waals surface area contributed by atoms with Gasteiger partial charge in [0.15, 0.2) is 11.6 Å². The quantitative estimate of drug-likeness (QED) is 0.110. The summed E-state index contributed by atoms with van der Waals surface area (Å²) in [6, 6.07) is 9.75. The summed E-state index contributed by atoms with van der Waals surface area (Å²) in [4.78, 5) is 56.9. The number of aromatic amines is 2. The fourth-order valence-electron chi connectivity index (χ4n) is 6.15. The second-order valence-electron chi connectivity index (χ2n) is 11.0. The Morgan fingerprint density at radius 2 is 1.10 bits per heavy atom. The van der Waals surface area contributed by atoms with E-state index in [4.69, 9.17) is 32.4 Å². The van der Waals surface area contributed by atoms with Crippen molar-refractivity contribution in [2.45, 2.75) is 50.0 Å². The molecule has 10 N–H and O–H groups in total. The Labute approximate surface area is 240 Å². The number of H-pyrrole nitrogens is 2. The predicted octanol–water partition coefficient (Wildman–Crippen LogP) is 1.35. The van der Waals surface area contributed by atoms with E-state index in [0.29, 0.717) is 48.2 Å². The van der Waals surface area contributed by atoms with Gasteiger partial charge in [-0.2, -0.15) is 0 Å². The Balaban J connectivity index is 1.23. The normalized spacial score (nSPS) is 21.5. The minimum Gasteiger partial charge on any atom is -0.447 e. The number of nitrogens with one attached hydrogen (secondary N) is 2. The van der Waals surface area contributed by atoms with Gasteiger partial charge in [0.1, 0.15) is 12.2 Å². The lowest BCUT2D eigenvalue weighted by atomic mass is 9.89. The Morgan fingerprint density at radius 1 is 0.690 bits per heavy atom. The van der Waals surface area contributed by atoms with Gasteiger partial charge in [0.05, 0.1) is 24.5 Å². The Bertz CT molecular complexity index is 1630. The van der Waals surface area contributed by atoms with E-state index >= 15 is 0 Å². The first-order valence-corrected chi connectivity index (χ1v) is 13.8. The van der Waals surface area contributed by atoms with Crippen molar-refractivity contribution in [3.63, 3.8) is 0 Å². The van der Waals surface area contributed by atoms with Crippen LogP contribution >= 0.6 is 0 Å². The summed E-state index contributed by atoms with van der Waals surface area (Å²) in [6.45, 7) is -0.220. The van der Waals surface area contributed by atoms with Gasteiger partial charge in [-0.1, -0.05) is 0 Å². The monoisotopic (exact) mass is 572 g/mol. The van der Waals surface area contributed by atoms with Crippen LogP contribution in [0.5, 0.6) is 0 Å². The summed E-state index contributed by atoms with van der Waals surface area (Å²) in [5.41, 5.74) is 29.0. The Hall–Kier alpha value is -4.36. The van der Waals surface area contributed by atoms with Crippen molar-refractivity contribution in [1.82, 2.24) is 9.97 Å². The molecule has 42 heavy (non-hydrogen) atoms. The molecule has 12 nitrogen and oxygen atoms in total. The third-order valence-corrected chi connectivity index (χ3v) is 8.17. The number of benzene rings is 2. The first-order valence-electron chi connectivity index (χ1n) is 13.8. The molecular weight excluding hydrogens is 540 g/mol. The molecule has 0 spiro atoms. The van der Waals surface area contributed by atoms with Crippen molar-refractivity contribution >= 4 is 45.3 Å². The van der Waals surface area contributed by atoms with Gasteiger partial charge in [-0.05, 0) is 60.4 Å². The summed E-state index contributed by atoms with van der Waals surface area (Å²) < 4.78 is 11.3. The summed E-state index contributed by atoms with van der Waals surface area (Å²) in [5, 5.41) is 1.59. The van der Waals surface area contributed by atoms with Crippen LogP contribution < -0.4 is 22.9 Å². The van der Waals surface area contributed by atoms with Gasteiger partial charge >= 0.3 is 11.9 Å². The molecule has 218 valence electrons. The predicted molar refractivity (Wildman–Crippen MR) is 154 cm³/mol. The molecule has 2 aromatic carbocycles. The number of nitrogens with two attached hydrogens (primary N) is 4. The number of Topliss-reactive ketones (excluding diaryl/α,β-unsaturated/α-hetero) is 2. The SMILES string of the molecule is NCC(=O)c1ccc2[nH]c3c(c2c1)CC(N)CC3OC(=O)C(=O)OC1CC(N)Cc2c1[nH]c1ccc(C(=O)CN)cc21. The molecule has 2 aromatic heterocycles. The van der Waals surface area contributed by atoms with Gasteiger partial charge in [-0.25, -0.2) is 9.59 Å². The first-order chi connectivity index (χ1) is 20.2. The zero-order valence-electron chi connectivity index (χ0n) is 22.8. The highest BCUT2D eigenvalue weighted by Crippen LogP contribution is 2.39. The third-order valence-electron chi connectivity index (χ3n) is 8.17. The van der Waals surface area contributed by atoms with E-state index in [2.05, 4.69) is 9.97 Å². The number of fused-ring (bicyclic) bond motifs is 6. The number of hydrogen-bond acceptors (Lipinski definition) is 10. The van der Waals surface area contributed by atoms with E-state index in [1.165, 1.54) is 0 Å². The van der Waals surface area contributed by atoms with Crippen LogP contribution in [0.1, 0.15) is 68.3 Å². The Morgan fingerprint density at radius 3 is 1.48 bits per heavy atom. The maximum absolute atomic E-state index is 13.0. The van der Waals surface area contributed by atoms with Crippen LogP contribution in [0, 0.1) is 0 Å². The molecular formula is C30H32N6O6. The summed E-state index contributed by atoms with van der Waals surface area (Å²) in [7, 11) is 0. The van der Waals surface area contributed by atoms with Crippen molar-refractivity contribution in [2.75, 3.05) is 13.1 Å². The molecule has 0 radical (unpaired) electrons. The average molecular weight is 573 g/mol. The zero-order valence-corrected chi connectivity index (χ0v) is 22.8. The number of carbonyl (C=O) groups excluding carboxylic acids is 4. The van der Waals surface area contributed by atoms with Crippen LogP contribution in [-0.4, -0.2) is 58.6 Å².